The molecule has 0 aromatic heterocycles. The van der Waals surface area contributed by atoms with Crippen LogP contribution >= 0.6 is 22.6 Å². The van der Waals surface area contributed by atoms with Crippen molar-refractivity contribution in [1.82, 2.24) is 10.2 Å². The number of amides is 1. The average Bonchev–Trinajstić information content (AvgIpc) is 2.57. The predicted molar refractivity (Wildman–Crippen MR) is 71.5 cm³/mol. The Morgan fingerprint density at radius 1 is 1.19 bits per heavy atom. The van der Waals surface area contributed by atoms with Gasteiger partial charge >= 0.3 is 0 Å². The molecular weight excluding hydrogens is 315 g/mol. The van der Waals surface area contributed by atoms with Gasteiger partial charge in [0.25, 0.3) is 5.91 Å². The fourth-order valence-electron chi connectivity index (χ4n) is 1.77. The van der Waals surface area contributed by atoms with Gasteiger partial charge in [-0.05, 0) is 53.3 Å². The maximum Gasteiger partial charge on any atom is 0.253 e. The second-order valence-electron chi connectivity index (χ2n) is 3.82. The van der Waals surface area contributed by atoms with Gasteiger partial charge < -0.3 is 4.90 Å². The topological polar surface area (TPSA) is 34.4 Å². The van der Waals surface area contributed by atoms with Crippen LogP contribution < -0.4 is 5.32 Å². The first kappa shape index (κ1) is 11.9. The first-order valence-corrected chi connectivity index (χ1v) is 6.53. The number of nitrogens with zero attached hydrogens (tertiary/aromatic N) is 2. The highest BCUT2D eigenvalue weighted by molar-refractivity contribution is 14.1. The van der Waals surface area contributed by atoms with E-state index in [-0.39, 0.29) is 5.91 Å². The minimum Gasteiger partial charge on any atom is -0.337 e. The Morgan fingerprint density at radius 2 is 1.94 bits per heavy atom. The largest absolute Gasteiger partial charge is 0.337 e. The summed E-state index contributed by atoms with van der Waals surface area (Å²) in [5, 5.41) is 4.32. The molecule has 1 radical (unpaired) electrons. The van der Waals surface area contributed by atoms with Crippen LogP contribution in [0.5, 0.6) is 0 Å². The third kappa shape index (κ3) is 2.95. The van der Waals surface area contributed by atoms with Crippen molar-refractivity contribution >= 4 is 28.5 Å². The molecule has 1 saturated heterocycles. The summed E-state index contributed by atoms with van der Waals surface area (Å²) in [5.74, 6) is 0.133. The Labute approximate surface area is 109 Å². The van der Waals surface area contributed by atoms with Crippen molar-refractivity contribution in [2.45, 2.75) is 6.42 Å². The van der Waals surface area contributed by atoms with E-state index in [9.17, 15) is 4.79 Å². The van der Waals surface area contributed by atoms with Crippen LogP contribution in [-0.4, -0.2) is 37.0 Å². The summed E-state index contributed by atoms with van der Waals surface area (Å²) in [7, 11) is 0. The normalized spacial score (nSPS) is 16.9. The van der Waals surface area contributed by atoms with E-state index in [0.29, 0.717) is 0 Å². The summed E-state index contributed by atoms with van der Waals surface area (Å²) in [6.45, 7) is 3.24. The molecule has 0 atom stereocenters. The highest BCUT2D eigenvalue weighted by atomic mass is 127. The summed E-state index contributed by atoms with van der Waals surface area (Å²) in [6, 6.07) is 7.73. The van der Waals surface area contributed by atoms with Crippen molar-refractivity contribution < 1.29 is 4.79 Å². The fraction of sp³-hybridized carbons (Fsp3) is 0.417. The van der Waals surface area contributed by atoms with Crippen molar-refractivity contribution in [3.05, 3.63) is 33.4 Å². The zero-order valence-electron chi connectivity index (χ0n) is 9.03. The van der Waals surface area contributed by atoms with Crippen LogP contribution in [0.3, 0.4) is 0 Å². The monoisotopic (exact) mass is 329 g/mol. The summed E-state index contributed by atoms with van der Waals surface area (Å²) in [6.07, 6.45) is 0.982. The predicted octanol–water partition coefficient (Wildman–Crippen LogP) is 1.74. The minimum atomic E-state index is 0.133. The number of hydrogen-bond acceptors (Lipinski definition) is 1. The van der Waals surface area contributed by atoms with Crippen molar-refractivity contribution in [3.8, 4) is 0 Å². The molecule has 16 heavy (non-hydrogen) atoms. The molecule has 1 aliphatic heterocycles. The Bertz CT molecular complexity index is 356. The zero-order valence-corrected chi connectivity index (χ0v) is 11.2. The van der Waals surface area contributed by atoms with Crippen LogP contribution in [0.4, 0.5) is 0 Å². The molecule has 1 aromatic carbocycles. The minimum absolute atomic E-state index is 0.133. The van der Waals surface area contributed by atoms with E-state index >= 15 is 0 Å². The second-order valence-corrected chi connectivity index (χ2v) is 5.07. The zero-order chi connectivity index (χ0) is 11.4. The molecular formula is C12H14IN2O. The first-order chi connectivity index (χ1) is 7.77. The van der Waals surface area contributed by atoms with Crippen LogP contribution in [0, 0.1) is 3.57 Å². The van der Waals surface area contributed by atoms with Crippen LogP contribution in [0.1, 0.15) is 16.8 Å². The summed E-state index contributed by atoms with van der Waals surface area (Å²) in [4.78, 5) is 14.0. The van der Waals surface area contributed by atoms with Crippen molar-refractivity contribution in [1.29, 1.82) is 0 Å². The molecule has 3 nitrogen and oxygen atoms in total. The molecule has 85 valence electrons. The maximum absolute atomic E-state index is 12.1. The third-order valence-electron chi connectivity index (χ3n) is 2.65. The number of halogens is 1. The van der Waals surface area contributed by atoms with E-state index in [1.807, 2.05) is 29.2 Å². The quantitative estimate of drug-likeness (QED) is 0.723. The van der Waals surface area contributed by atoms with Gasteiger partial charge in [-0.1, -0.05) is 0 Å². The van der Waals surface area contributed by atoms with Gasteiger partial charge in [-0.25, -0.2) is 5.32 Å². The number of rotatable bonds is 1. The number of carbonyl (C=O) groups excluding carboxylic acids is 1. The highest BCUT2D eigenvalue weighted by Crippen LogP contribution is 2.10. The van der Waals surface area contributed by atoms with Crippen molar-refractivity contribution in [3.63, 3.8) is 0 Å². The second kappa shape index (κ2) is 5.63. The van der Waals surface area contributed by atoms with E-state index in [1.165, 1.54) is 0 Å². The number of hydrogen-bond donors (Lipinski definition) is 0. The lowest BCUT2D eigenvalue weighted by atomic mass is 10.2. The van der Waals surface area contributed by atoms with E-state index in [0.717, 1.165) is 41.7 Å². The Hall–Kier alpha value is -0.620. The molecule has 0 bridgehead atoms. The lowest BCUT2D eigenvalue weighted by Gasteiger charge is -2.19. The lowest BCUT2D eigenvalue weighted by molar-refractivity contribution is 0.0766. The van der Waals surface area contributed by atoms with E-state index in [2.05, 4.69) is 27.9 Å². The summed E-state index contributed by atoms with van der Waals surface area (Å²) < 4.78 is 1.15. The molecule has 1 fully saturated rings. The van der Waals surface area contributed by atoms with Gasteiger partial charge in [-0.2, -0.15) is 0 Å². The SMILES string of the molecule is O=C(c1ccc(I)cc1)N1CCC[N]CC1. The van der Waals surface area contributed by atoms with Crippen molar-refractivity contribution in [2.24, 2.45) is 0 Å². The van der Waals surface area contributed by atoms with Crippen LogP contribution in [0.2, 0.25) is 0 Å². The molecule has 1 amide bonds. The van der Waals surface area contributed by atoms with Gasteiger partial charge in [0.2, 0.25) is 0 Å². The van der Waals surface area contributed by atoms with Crippen LogP contribution in [0.15, 0.2) is 24.3 Å². The molecule has 0 unspecified atom stereocenters. The highest BCUT2D eigenvalue weighted by Gasteiger charge is 2.16. The van der Waals surface area contributed by atoms with Crippen LogP contribution in [-0.2, 0) is 0 Å². The Kier molecular flexibility index (Phi) is 4.17. The Balaban J connectivity index is 2.08. The van der Waals surface area contributed by atoms with Gasteiger partial charge in [0.15, 0.2) is 0 Å². The molecule has 2 rings (SSSR count). The molecule has 1 heterocycles. The fourth-order valence-corrected chi connectivity index (χ4v) is 2.13. The first-order valence-electron chi connectivity index (χ1n) is 5.45. The maximum atomic E-state index is 12.1. The smallest absolute Gasteiger partial charge is 0.253 e. The Morgan fingerprint density at radius 3 is 2.69 bits per heavy atom. The van der Waals surface area contributed by atoms with Gasteiger partial charge in [0, 0.05) is 35.3 Å². The van der Waals surface area contributed by atoms with Crippen molar-refractivity contribution in [2.75, 3.05) is 26.2 Å². The summed E-state index contributed by atoms with van der Waals surface area (Å²) >= 11 is 2.24. The van der Waals surface area contributed by atoms with Gasteiger partial charge in [-0.3, -0.25) is 4.79 Å². The molecule has 0 N–H and O–H groups in total. The number of benzene rings is 1. The molecule has 1 aromatic rings. The van der Waals surface area contributed by atoms with E-state index < -0.39 is 0 Å². The lowest BCUT2D eigenvalue weighted by Crippen LogP contribution is -2.33. The molecule has 0 aliphatic carbocycles. The molecule has 0 saturated carbocycles. The molecule has 0 spiro atoms. The molecule has 1 aliphatic rings. The number of carbonyl (C=O) groups is 1. The summed E-state index contributed by atoms with van der Waals surface area (Å²) in [5.41, 5.74) is 0.780. The third-order valence-corrected chi connectivity index (χ3v) is 3.37. The van der Waals surface area contributed by atoms with E-state index in [1.54, 1.807) is 0 Å². The van der Waals surface area contributed by atoms with Gasteiger partial charge in [0.1, 0.15) is 0 Å². The average molecular weight is 329 g/mol. The van der Waals surface area contributed by atoms with Gasteiger partial charge in [0.05, 0.1) is 0 Å². The standard InChI is InChI=1S/C12H14IN2O/c13-11-4-2-10(3-5-11)12(16)15-8-1-6-14-7-9-15/h2-5H,1,6-9H2. The van der Waals surface area contributed by atoms with Crippen LogP contribution in [0.25, 0.3) is 0 Å². The van der Waals surface area contributed by atoms with E-state index in [4.69, 9.17) is 0 Å². The molecule has 4 heteroatoms. The van der Waals surface area contributed by atoms with Gasteiger partial charge in [-0.15, -0.1) is 0 Å².